The summed E-state index contributed by atoms with van der Waals surface area (Å²) in [4.78, 5) is 4.44. The molecule has 5 heteroatoms. The molecule has 1 aliphatic carbocycles. The van der Waals surface area contributed by atoms with Gasteiger partial charge in [0.1, 0.15) is 17.1 Å². The predicted molar refractivity (Wildman–Crippen MR) is 117 cm³/mol. The lowest BCUT2D eigenvalue weighted by Crippen LogP contribution is -2.32. The quantitative estimate of drug-likeness (QED) is 0.494. The SMILES string of the molecule is COc1cc2cncc(-c3cc4ccccc4o3)c2cc1NC1CCC(N)CC1. The first-order valence-corrected chi connectivity index (χ1v) is 10.2. The van der Waals surface area contributed by atoms with Gasteiger partial charge in [0.25, 0.3) is 0 Å². The van der Waals surface area contributed by atoms with Gasteiger partial charge in [0.2, 0.25) is 0 Å². The monoisotopic (exact) mass is 387 g/mol. The first kappa shape index (κ1) is 18.0. The maximum absolute atomic E-state index is 6.11. The van der Waals surface area contributed by atoms with Crippen LogP contribution in [-0.2, 0) is 0 Å². The van der Waals surface area contributed by atoms with Gasteiger partial charge in [0, 0.05) is 40.8 Å². The molecule has 0 unspecified atom stereocenters. The van der Waals surface area contributed by atoms with Crippen molar-refractivity contribution in [2.75, 3.05) is 12.4 Å². The van der Waals surface area contributed by atoms with E-state index in [1.54, 1.807) is 7.11 Å². The van der Waals surface area contributed by atoms with Gasteiger partial charge in [-0.05, 0) is 55.3 Å². The van der Waals surface area contributed by atoms with Crippen LogP contribution in [0.5, 0.6) is 5.75 Å². The molecule has 0 aliphatic heterocycles. The minimum absolute atomic E-state index is 0.331. The molecule has 3 N–H and O–H groups in total. The third kappa shape index (κ3) is 3.42. The highest BCUT2D eigenvalue weighted by Crippen LogP contribution is 2.38. The smallest absolute Gasteiger partial charge is 0.142 e. The van der Waals surface area contributed by atoms with Crippen molar-refractivity contribution in [1.29, 1.82) is 0 Å². The Morgan fingerprint density at radius 1 is 1.03 bits per heavy atom. The average molecular weight is 387 g/mol. The summed E-state index contributed by atoms with van der Waals surface area (Å²) in [6.45, 7) is 0. The van der Waals surface area contributed by atoms with Gasteiger partial charge in [-0.2, -0.15) is 0 Å². The van der Waals surface area contributed by atoms with Gasteiger partial charge < -0.3 is 20.2 Å². The van der Waals surface area contributed by atoms with Crippen molar-refractivity contribution >= 4 is 27.4 Å². The molecular weight excluding hydrogens is 362 g/mol. The van der Waals surface area contributed by atoms with Gasteiger partial charge in [0.05, 0.1) is 12.8 Å². The van der Waals surface area contributed by atoms with Crippen molar-refractivity contribution in [1.82, 2.24) is 4.98 Å². The summed E-state index contributed by atoms with van der Waals surface area (Å²) < 4.78 is 11.8. The first-order valence-electron chi connectivity index (χ1n) is 10.2. The lowest BCUT2D eigenvalue weighted by Gasteiger charge is -2.28. The minimum atomic E-state index is 0.331. The molecule has 0 radical (unpaired) electrons. The Balaban J connectivity index is 1.58. The van der Waals surface area contributed by atoms with Crippen LogP contribution in [0.2, 0.25) is 0 Å². The molecule has 0 saturated heterocycles. The van der Waals surface area contributed by atoms with Gasteiger partial charge in [-0.3, -0.25) is 4.98 Å². The fourth-order valence-corrected chi connectivity index (χ4v) is 4.27. The van der Waals surface area contributed by atoms with Crippen LogP contribution in [0, 0.1) is 0 Å². The van der Waals surface area contributed by atoms with Crippen molar-refractivity contribution in [2.45, 2.75) is 37.8 Å². The highest BCUT2D eigenvalue weighted by atomic mass is 16.5. The van der Waals surface area contributed by atoms with E-state index >= 15 is 0 Å². The van der Waals surface area contributed by atoms with E-state index in [1.807, 2.05) is 36.7 Å². The number of rotatable bonds is 4. The van der Waals surface area contributed by atoms with E-state index in [0.29, 0.717) is 12.1 Å². The second kappa shape index (κ2) is 7.41. The number of nitrogens with two attached hydrogens (primary N) is 1. The van der Waals surface area contributed by atoms with Crippen LogP contribution in [-0.4, -0.2) is 24.2 Å². The molecule has 5 nitrogen and oxygen atoms in total. The Hall–Kier alpha value is -3.05. The second-order valence-corrected chi connectivity index (χ2v) is 7.87. The largest absolute Gasteiger partial charge is 0.495 e. The molecule has 0 bridgehead atoms. The average Bonchev–Trinajstić information content (AvgIpc) is 3.18. The number of para-hydroxylation sites is 1. The Morgan fingerprint density at radius 2 is 1.86 bits per heavy atom. The van der Waals surface area contributed by atoms with Crippen LogP contribution < -0.4 is 15.8 Å². The maximum atomic E-state index is 6.11. The minimum Gasteiger partial charge on any atom is -0.495 e. The van der Waals surface area contributed by atoms with Crippen molar-refractivity contribution < 1.29 is 9.15 Å². The highest BCUT2D eigenvalue weighted by Gasteiger charge is 2.20. The van der Waals surface area contributed by atoms with E-state index in [0.717, 1.165) is 70.2 Å². The summed E-state index contributed by atoms with van der Waals surface area (Å²) in [6, 6.07) is 15.1. The summed E-state index contributed by atoms with van der Waals surface area (Å²) in [5, 5.41) is 6.89. The van der Waals surface area contributed by atoms with E-state index in [4.69, 9.17) is 14.9 Å². The molecule has 148 valence electrons. The van der Waals surface area contributed by atoms with Crippen molar-refractivity contribution in [3.63, 3.8) is 0 Å². The molecular formula is C24H25N3O2. The molecule has 5 rings (SSSR count). The van der Waals surface area contributed by atoms with E-state index in [-0.39, 0.29) is 0 Å². The molecule has 2 heterocycles. The zero-order chi connectivity index (χ0) is 19.8. The Kier molecular flexibility index (Phi) is 4.60. The molecule has 0 spiro atoms. The Labute approximate surface area is 169 Å². The summed E-state index contributed by atoms with van der Waals surface area (Å²) in [5.41, 5.74) is 8.93. The van der Waals surface area contributed by atoms with Crippen molar-refractivity contribution in [2.24, 2.45) is 5.73 Å². The molecule has 1 saturated carbocycles. The third-order valence-corrected chi connectivity index (χ3v) is 5.90. The van der Waals surface area contributed by atoms with Gasteiger partial charge in [-0.1, -0.05) is 18.2 Å². The summed E-state index contributed by atoms with van der Waals surface area (Å²) in [6.07, 6.45) is 8.01. The number of pyridine rings is 1. The standard InChI is InChI=1S/C24H25N3O2/c1-28-24-11-16-13-26-14-20(23-10-15-4-2-3-5-22(15)29-23)19(16)12-21(24)27-18-8-6-17(25)7-9-18/h2-5,10-14,17-18,27H,6-9,25H2,1H3. The van der Waals surface area contributed by atoms with E-state index < -0.39 is 0 Å². The zero-order valence-electron chi connectivity index (χ0n) is 16.5. The number of hydrogen-bond acceptors (Lipinski definition) is 5. The number of benzene rings is 2. The number of fused-ring (bicyclic) bond motifs is 2. The van der Waals surface area contributed by atoms with Crippen LogP contribution in [0.3, 0.4) is 0 Å². The van der Waals surface area contributed by atoms with Gasteiger partial charge in [-0.25, -0.2) is 0 Å². The molecule has 0 atom stereocenters. The molecule has 29 heavy (non-hydrogen) atoms. The van der Waals surface area contributed by atoms with Crippen molar-refractivity contribution in [3.8, 4) is 17.1 Å². The van der Waals surface area contributed by atoms with Crippen LogP contribution in [0.15, 0.2) is 59.3 Å². The number of anilines is 1. The van der Waals surface area contributed by atoms with E-state index in [9.17, 15) is 0 Å². The number of aromatic nitrogens is 1. The number of nitrogens with one attached hydrogen (secondary N) is 1. The third-order valence-electron chi connectivity index (χ3n) is 5.90. The number of furan rings is 1. The number of ether oxygens (including phenoxy) is 1. The molecule has 1 aliphatic rings. The summed E-state index contributed by atoms with van der Waals surface area (Å²) >= 11 is 0. The molecule has 2 aromatic heterocycles. The first-order chi connectivity index (χ1) is 14.2. The van der Waals surface area contributed by atoms with Gasteiger partial charge >= 0.3 is 0 Å². The lowest BCUT2D eigenvalue weighted by atomic mass is 9.91. The zero-order valence-corrected chi connectivity index (χ0v) is 16.5. The molecule has 1 fully saturated rings. The molecule has 2 aromatic carbocycles. The fourth-order valence-electron chi connectivity index (χ4n) is 4.27. The van der Waals surface area contributed by atoms with Crippen LogP contribution in [0.1, 0.15) is 25.7 Å². The molecule has 4 aromatic rings. The topological polar surface area (TPSA) is 73.3 Å². The number of hydrogen-bond donors (Lipinski definition) is 2. The summed E-state index contributed by atoms with van der Waals surface area (Å²) in [7, 11) is 1.71. The Morgan fingerprint density at radius 3 is 2.66 bits per heavy atom. The lowest BCUT2D eigenvalue weighted by molar-refractivity contribution is 0.402. The normalized spacial score (nSPS) is 19.5. The van der Waals surface area contributed by atoms with Crippen LogP contribution >= 0.6 is 0 Å². The van der Waals surface area contributed by atoms with Crippen LogP contribution in [0.25, 0.3) is 33.1 Å². The number of methoxy groups -OCH3 is 1. The number of nitrogens with zero attached hydrogens (tertiary/aromatic N) is 1. The van der Waals surface area contributed by atoms with E-state index in [2.05, 4.69) is 28.5 Å². The maximum Gasteiger partial charge on any atom is 0.142 e. The van der Waals surface area contributed by atoms with Gasteiger partial charge in [-0.15, -0.1) is 0 Å². The fraction of sp³-hybridized carbons (Fsp3) is 0.292. The second-order valence-electron chi connectivity index (χ2n) is 7.87. The highest BCUT2D eigenvalue weighted by molar-refractivity contribution is 5.99. The summed E-state index contributed by atoms with van der Waals surface area (Å²) in [5.74, 6) is 1.65. The van der Waals surface area contributed by atoms with Gasteiger partial charge in [0.15, 0.2) is 0 Å². The Bertz CT molecular complexity index is 1130. The van der Waals surface area contributed by atoms with Crippen LogP contribution in [0.4, 0.5) is 5.69 Å². The molecule has 0 amide bonds. The predicted octanol–water partition coefficient (Wildman–Crippen LogP) is 5.34. The van der Waals surface area contributed by atoms with E-state index in [1.165, 1.54) is 0 Å². The van der Waals surface area contributed by atoms with Crippen molar-refractivity contribution in [3.05, 3.63) is 54.9 Å².